The van der Waals surface area contributed by atoms with Crippen LogP contribution in [0.4, 0.5) is 4.39 Å². The normalized spacial score (nSPS) is 19.5. The Balaban J connectivity index is 2.29. The number of carbonyl (C=O) groups excluding carboxylic acids is 1. The van der Waals surface area contributed by atoms with E-state index in [1.165, 1.54) is 0 Å². The zero-order valence-electron chi connectivity index (χ0n) is 5.99. The van der Waals surface area contributed by atoms with Gasteiger partial charge in [-0.15, -0.1) is 0 Å². The maximum absolute atomic E-state index is 11.6. The van der Waals surface area contributed by atoms with Crippen LogP contribution in [0.3, 0.4) is 0 Å². The zero-order chi connectivity index (χ0) is 8.32. The Morgan fingerprint density at radius 3 is 2.64 bits per heavy atom. The number of halogens is 2. The van der Waals surface area contributed by atoms with Gasteiger partial charge < -0.3 is 5.32 Å². The molecule has 2 N–H and O–H groups in total. The van der Waals surface area contributed by atoms with E-state index < -0.39 is 12.2 Å². The Labute approximate surface area is 69.4 Å². The average Bonchev–Trinajstić information content (AvgIpc) is 2.80. The van der Waals surface area contributed by atoms with Crippen molar-refractivity contribution in [3.8, 4) is 0 Å². The first-order valence-electron chi connectivity index (χ1n) is 3.47. The standard InChI is InChI=1S/C6H10ClFN2O/c7-10-6(1-2-6)5(11)9-4-3-8/h10H,1-4H2,(H,9,11). The van der Waals surface area contributed by atoms with Crippen LogP contribution in [-0.2, 0) is 4.79 Å². The Morgan fingerprint density at radius 1 is 1.64 bits per heavy atom. The molecule has 0 unspecified atom stereocenters. The van der Waals surface area contributed by atoms with Crippen LogP contribution in [0.15, 0.2) is 0 Å². The van der Waals surface area contributed by atoms with E-state index in [-0.39, 0.29) is 12.5 Å². The predicted molar refractivity (Wildman–Crippen MR) is 39.9 cm³/mol. The molecule has 0 saturated heterocycles. The first-order valence-corrected chi connectivity index (χ1v) is 3.85. The molecule has 1 amide bonds. The molecule has 0 aromatic rings. The molecule has 1 aliphatic rings. The minimum atomic E-state index is -0.600. The van der Waals surface area contributed by atoms with Crippen molar-refractivity contribution in [2.24, 2.45) is 0 Å². The molecule has 0 atom stereocenters. The van der Waals surface area contributed by atoms with Crippen LogP contribution in [0.5, 0.6) is 0 Å². The fourth-order valence-corrected chi connectivity index (χ4v) is 1.09. The van der Waals surface area contributed by atoms with E-state index >= 15 is 0 Å². The first-order chi connectivity index (χ1) is 5.25. The van der Waals surface area contributed by atoms with E-state index in [0.29, 0.717) is 0 Å². The highest BCUT2D eigenvalue weighted by Crippen LogP contribution is 2.35. The third-order valence-corrected chi connectivity index (χ3v) is 2.11. The minimum Gasteiger partial charge on any atom is -0.352 e. The van der Waals surface area contributed by atoms with Gasteiger partial charge in [-0.1, -0.05) is 0 Å². The van der Waals surface area contributed by atoms with Crippen molar-refractivity contribution in [3.05, 3.63) is 0 Å². The lowest BCUT2D eigenvalue weighted by Crippen LogP contribution is -2.43. The van der Waals surface area contributed by atoms with E-state index in [9.17, 15) is 9.18 Å². The molecule has 5 heteroatoms. The van der Waals surface area contributed by atoms with Crippen molar-refractivity contribution >= 4 is 17.7 Å². The summed E-state index contributed by atoms with van der Waals surface area (Å²) in [4.78, 5) is 13.5. The van der Waals surface area contributed by atoms with Crippen LogP contribution < -0.4 is 10.2 Å². The van der Waals surface area contributed by atoms with Crippen molar-refractivity contribution in [1.82, 2.24) is 10.2 Å². The SMILES string of the molecule is O=C(NCCF)C1(NCl)CC1. The van der Waals surface area contributed by atoms with Gasteiger partial charge in [0.05, 0.1) is 0 Å². The van der Waals surface area contributed by atoms with Crippen LogP contribution >= 0.6 is 11.8 Å². The lowest BCUT2D eigenvalue weighted by atomic mass is 10.3. The van der Waals surface area contributed by atoms with Gasteiger partial charge >= 0.3 is 0 Å². The summed E-state index contributed by atoms with van der Waals surface area (Å²) < 4.78 is 11.6. The Kier molecular flexibility index (Phi) is 2.67. The largest absolute Gasteiger partial charge is 0.352 e. The lowest BCUT2D eigenvalue weighted by molar-refractivity contribution is -0.123. The van der Waals surface area contributed by atoms with Gasteiger partial charge in [-0.25, -0.2) is 9.23 Å². The summed E-state index contributed by atoms with van der Waals surface area (Å²) in [6.07, 6.45) is 1.46. The molecule has 0 aromatic heterocycles. The summed E-state index contributed by atoms with van der Waals surface area (Å²) in [7, 11) is 0. The molecule has 0 aromatic carbocycles. The van der Waals surface area contributed by atoms with Gasteiger partial charge in [-0.2, -0.15) is 0 Å². The highest BCUT2D eigenvalue weighted by Gasteiger charge is 2.49. The molecule has 1 saturated carbocycles. The quantitative estimate of drug-likeness (QED) is 0.613. The smallest absolute Gasteiger partial charge is 0.241 e. The van der Waals surface area contributed by atoms with Crippen LogP contribution in [-0.4, -0.2) is 24.7 Å². The minimum absolute atomic E-state index is 0.0686. The second kappa shape index (κ2) is 3.36. The molecule has 0 bridgehead atoms. The molecule has 1 fully saturated rings. The summed E-state index contributed by atoms with van der Waals surface area (Å²) in [6, 6.07) is 0. The molecular weight excluding hydrogens is 171 g/mol. The summed E-state index contributed by atoms with van der Waals surface area (Å²) in [5.74, 6) is -0.204. The predicted octanol–water partition coefficient (Wildman–Crippen LogP) is 0.348. The molecular formula is C6H10ClFN2O. The van der Waals surface area contributed by atoms with Gasteiger partial charge in [0, 0.05) is 6.54 Å². The molecule has 0 spiro atoms. The lowest BCUT2D eigenvalue weighted by Gasteiger charge is -2.10. The van der Waals surface area contributed by atoms with Crippen molar-refractivity contribution in [1.29, 1.82) is 0 Å². The van der Waals surface area contributed by atoms with Gasteiger partial charge in [0.2, 0.25) is 5.91 Å². The molecule has 3 nitrogen and oxygen atoms in total. The van der Waals surface area contributed by atoms with Crippen molar-refractivity contribution in [3.63, 3.8) is 0 Å². The third-order valence-electron chi connectivity index (χ3n) is 1.75. The second-order valence-corrected chi connectivity index (χ2v) is 2.81. The maximum atomic E-state index is 11.6. The molecule has 1 aliphatic carbocycles. The fraction of sp³-hybridized carbons (Fsp3) is 0.833. The highest BCUT2D eigenvalue weighted by molar-refractivity contribution is 6.16. The number of hydrogen-bond donors (Lipinski definition) is 2. The topological polar surface area (TPSA) is 41.1 Å². The van der Waals surface area contributed by atoms with Gasteiger partial charge in [0.1, 0.15) is 12.2 Å². The van der Waals surface area contributed by atoms with Crippen LogP contribution in [0.2, 0.25) is 0 Å². The van der Waals surface area contributed by atoms with E-state index in [1.807, 2.05) is 0 Å². The summed E-state index contributed by atoms with van der Waals surface area (Å²) >= 11 is 5.32. The Morgan fingerprint density at radius 2 is 2.27 bits per heavy atom. The number of nitrogens with one attached hydrogen (secondary N) is 2. The van der Waals surface area contributed by atoms with E-state index in [0.717, 1.165) is 12.8 Å². The van der Waals surface area contributed by atoms with E-state index in [2.05, 4.69) is 10.2 Å². The number of amides is 1. The molecule has 1 rings (SSSR count). The van der Waals surface area contributed by atoms with Gasteiger partial charge in [0.25, 0.3) is 0 Å². The monoisotopic (exact) mass is 180 g/mol. The molecule has 0 heterocycles. The number of rotatable bonds is 4. The molecule has 0 aliphatic heterocycles. The van der Waals surface area contributed by atoms with Gasteiger partial charge in [-0.05, 0) is 24.6 Å². The van der Waals surface area contributed by atoms with Crippen LogP contribution in [0.1, 0.15) is 12.8 Å². The van der Waals surface area contributed by atoms with Crippen LogP contribution in [0, 0.1) is 0 Å². The van der Waals surface area contributed by atoms with Crippen molar-refractivity contribution in [2.45, 2.75) is 18.4 Å². The van der Waals surface area contributed by atoms with E-state index in [4.69, 9.17) is 11.8 Å². The third kappa shape index (κ3) is 1.81. The molecule has 11 heavy (non-hydrogen) atoms. The number of hydrogen-bond acceptors (Lipinski definition) is 2. The average molecular weight is 181 g/mol. The van der Waals surface area contributed by atoms with Crippen molar-refractivity contribution in [2.75, 3.05) is 13.2 Å². The Bertz CT molecular complexity index is 161. The first kappa shape index (κ1) is 8.74. The van der Waals surface area contributed by atoms with Crippen LogP contribution in [0.25, 0.3) is 0 Å². The fourth-order valence-electron chi connectivity index (χ4n) is 0.819. The van der Waals surface area contributed by atoms with Gasteiger partial charge in [0.15, 0.2) is 0 Å². The molecule has 0 radical (unpaired) electrons. The van der Waals surface area contributed by atoms with E-state index in [1.54, 1.807) is 0 Å². The maximum Gasteiger partial charge on any atom is 0.241 e. The molecule has 64 valence electrons. The summed E-state index contributed by atoms with van der Waals surface area (Å²) in [5.41, 5.74) is -0.600. The highest BCUT2D eigenvalue weighted by atomic mass is 35.5. The van der Waals surface area contributed by atoms with Gasteiger partial charge in [-0.3, -0.25) is 4.79 Å². The van der Waals surface area contributed by atoms with Crippen molar-refractivity contribution < 1.29 is 9.18 Å². The summed E-state index contributed by atoms with van der Waals surface area (Å²) in [6.45, 7) is -0.469. The number of alkyl halides is 1. The zero-order valence-corrected chi connectivity index (χ0v) is 6.75. The Hall–Kier alpha value is -0.350. The number of carbonyl (C=O) groups is 1. The second-order valence-electron chi connectivity index (χ2n) is 2.62. The summed E-state index contributed by atoms with van der Waals surface area (Å²) in [5, 5.41) is 2.43.